The van der Waals surface area contributed by atoms with Gasteiger partial charge in [-0.2, -0.15) is 13.2 Å². The molecule has 1 N–H and O–H groups in total. The van der Waals surface area contributed by atoms with Crippen LogP contribution in [-0.2, 0) is 31.8 Å². The van der Waals surface area contributed by atoms with E-state index < -0.39 is 35.7 Å². The van der Waals surface area contributed by atoms with Gasteiger partial charge in [-0.3, -0.25) is 0 Å². The van der Waals surface area contributed by atoms with Crippen LogP contribution >= 0.6 is 0 Å². The summed E-state index contributed by atoms with van der Waals surface area (Å²) >= 11 is 0. The van der Waals surface area contributed by atoms with Crippen molar-refractivity contribution in [3.63, 3.8) is 0 Å². The third kappa shape index (κ3) is 3.68. The second-order valence-electron chi connectivity index (χ2n) is 10.2. The van der Waals surface area contributed by atoms with Gasteiger partial charge in [-0.1, -0.05) is 25.1 Å². The lowest BCUT2D eigenvalue weighted by atomic mass is 9.57. The summed E-state index contributed by atoms with van der Waals surface area (Å²) in [6.07, 6.45) is -0.767. The molecule has 4 heterocycles. The van der Waals surface area contributed by atoms with Crippen molar-refractivity contribution in [1.82, 2.24) is 0 Å². The van der Waals surface area contributed by atoms with Gasteiger partial charge in [0.2, 0.25) is 5.79 Å². The highest BCUT2D eigenvalue weighted by Crippen LogP contribution is 2.60. The van der Waals surface area contributed by atoms with Crippen LogP contribution in [0.1, 0.15) is 63.5 Å². The van der Waals surface area contributed by atoms with Gasteiger partial charge in [0.25, 0.3) is 0 Å². The van der Waals surface area contributed by atoms with E-state index in [1.165, 1.54) is 12.1 Å². The fraction of sp³-hybridized carbons (Fsp3) is 0.750. The predicted octanol–water partition coefficient (Wildman–Crippen LogP) is 5.21. The Morgan fingerprint density at radius 1 is 1.12 bits per heavy atom. The number of rotatable bonds is 4. The molecule has 2 bridgehead atoms. The molecule has 32 heavy (non-hydrogen) atoms. The van der Waals surface area contributed by atoms with Crippen LogP contribution in [0.25, 0.3) is 0 Å². The molecule has 0 amide bonds. The Morgan fingerprint density at radius 2 is 1.94 bits per heavy atom. The fourth-order valence-corrected chi connectivity index (χ4v) is 6.53. The number of aryl methyl sites for hydroxylation is 1. The van der Waals surface area contributed by atoms with Crippen molar-refractivity contribution in [3.05, 3.63) is 35.4 Å². The van der Waals surface area contributed by atoms with Crippen molar-refractivity contribution in [2.24, 2.45) is 23.7 Å². The number of ether oxygens (including phenoxy) is 2. The predicted molar refractivity (Wildman–Crippen MR) is 108 cm³/mol. The van der Waals surface area contributed by atoms with Crippen molar-refractivity contribution in [3.8, 4) is 0 Å². The molecule has 1 spiro atoms. The number of fused-ring (bicyclic) bond motifs is 2. The van der Waals surface area contributed by atoms with Crippen molar-refractivity contribution in [2.45, 2.75) is 88.9 Å². The van der Waals surface area contributed by atoms with Crippen LogP contribution in [-0.4, -0.2) is 29.1 Å². The lowest BCUT2D eigenvalue weighted by Gasteiger charge is -2.60. The molecular formula is C24H31F3O5. The minimum atomic E-state index is -4.35. The number of aliphatic hydroxyl groups is 1. The summed E-state index contributed by atoms with van der Waals surface area (Å²) in [6.45, 7) is 4.07. The van der Waals surface area contributed by atoms with E-state index in [4.69, 9.17) is 19.2 Å². The molecule has 1 aromatic carbocycles. The summed E-state index contributed by atoms with van der Waals surface area (Å²) in [5, 5.41) is 10.9. The third-order valence-electron chi connectivity index (χ3n) is 8.18. The monoisotopic (exact) mass is 456 g/mol. The van der Waals surface area contributed by atoms with Crippen LogP contribution < -0.4 is 0 Å². The third-order valence-corrected chi connectivity index (χ3v) is 8.18. The zero-order valence-electron chi connectivity index (χ0n) is 18.4. The molecule has 8 atom stereocenters. The van der Waals surface area contributed by atoms with E-state index >= 15 is 0 Å². The number of halogens is 3. The van der Waals surface area contributed by atoms with Gasteiger partial charge in [0.15, 0.2) is 18.2 Å². The summed E-state index contributed by atoms with van der Waals surface area (Å²) < 4.78 is 51.2. The topological polar surface area (TPSA) is 57.2 Å². The highest BCUT2D eigenvalue weighted by molar-refractivity contribution is 5.25. The van der Waals surface area contributed by atoms with Crippen molar-refractivity contribution in [2.75, 3.05) is 0 Å². The molecule has 5 aliphatic rings. The van der Waals surface area contributed by atoms with Gasteiger partial charge in [0.05, 0.1) is 5.56 Å². The van der Waals surface area contributed by atoms with Gasteiger partial charge < -0.3 is 14.6 Å². The molecule has 4 aliphatic heterocycles. The average Bonchev–Trinajstić information content (AvgIpc) is 2.96. The summed E-state index contributed by atoms with van der Waals surface area (Å²) in [5.41, 5.74) is -0.746. The molecule has 5 nitrogen and oxygen atoms in total. The molecular weight excluding hydrogens is 425 g/mol. The lowest BCUT2D eigenvalue weighted by molar-refractivity contribution is -0.577. The first-order valence-electron chi connectivity index (χ1n) is 11.7. The van der Waals surface area contributed by atoms with E-state index in [-0.39, 0.29) is 17.8 Å². The Balaban J connectivity index is 1.34. The second-order valence-corrected chi connectivity index (χ2v) is 10.2. The van der Waals surface area contributed by atoms with Gasteiger partial charge >= 0.3 is 6.18 Å². The molecule has 5 fully saturated rings. The minimum Gasteiger partial charge on any atom is -0.368 e. The number of hydrogen-bond donors (Lipinski definition) is 1. The highest BCUT2D eigenvalue weighted by Gasteiger charge is 2.69. The summed E-state index contributed by atoms with van der Waals surface area (Å²) in [5.74, 6) is -0.448. The summed E-state index contributed by atoms with van der Waals surface area (Å²) in [7, 11) is 0. The first-order valence-corrected chi connectivity index (χ1v) is 11.7. The number of alkyl halides is 3. The molecule has 1 aliphatic carbocycles. The maximum atomic E-state index is 13.0. The normalized spacial score (nSPS) is 43.6. The van der Waals surface area contributed by atoms with Crippen LogP contribution in [0.15, 0.2) is 24.3 Å². The number of hydrogen-bond acceptors (Lipinski definition) is 5. The standard InChI is InChI=1S/C24H31F3O5/c1-14-9-10-19-17(8-4-6-15-5-3-7-16(13-15)24(25,26)27)20(28)29-21-23(19)18(14)11-12-22(2,30-21)31-32-23/h3,5,7,13-14,17-21,28H,4,6,8-12H2,1-2H3/t14-,17-,18+,19+,20?,21?,22+,23-/m1/s1. The first-order chi connectivity index (χ1) is 15.1. The maximum Gasteiger partial charge on any atom is 0.416 e. The quantitative estimate of drug-likeness (QED) is 0.631. The van der Waals surface area contributed by atoms with Crippen LogP contribution in [0.5, 0.6) is 0 Å². The van der Waals surface area contributed by atoms with Gasteiger partial charge in [-0.05, 0) is 68.9 Å². The van der Waals surface area contributed by atoms with Crippen molar-refractivity contribution < 1.29 is 37.5 Å². The van der Waals surface area contributed by atoms with E-state index in [1.807, 2.05) is 6.92 Å². The molecule has 1 saturated carbocycles. The van der Waals surface area contributed by atoms with Gasteiger partial charge in [0.1, 0.15) is 0 Å². The Bertz CT molecular complexity index is 847. The van der Waals surface area contributed by atoms with Crippen molar-refractivity contribution in [1.29, 1.82) is 0 Å². The smallest absolute Gasteiger partial charge is 0.368 e. The molecule has 178 valence electrons. The number of benzene rings is 1. The van der Waals surface area contributed by atoms with Crippen LogP contribution in [0.4, 0.5) is 13.2 Å². The van der Waals surface area contributed by atoms with E-state index in [2.05, 4.69) is 6.92 Å². The van der Waals surface area contributed by atoms with E-state index in [0.717, 1.165) is 25.3 Å². The lowest BCUT2D eigenvalue weighted by Crippen LogP contribution is -2.70. The molecule has 8 heteroatoms. The molecule has 6 rings (SSSR count). The maximum absolute atomic E-state index is 13.0. The van der Waals surface area contributed by atoms with Crippen LogP contribution in [0, 0.1) is 23.7 Å². The SMILES string of the molecule is C[C@@H]1CC[C@H]2[C@@H](CCCc3cccc(C(F)(F)F)c3)C(O)OC3O[C@]4(C)CC[C@@H]1[C@]32OO4. The van der Waals surface area contributed by atoms with Gasteiger partial charge in [-0.25, -0.2) is 9.78 Å². The summed E-state index contributed by atoms with van der Waals surface area (Å²) in [4.78, 5) is 11.9. The minimum absolute atomic E-state index is 0.00149. The van der Waals surface area contributed by atoms with Gasteiger partial charge in [0, 0.05) is 18.3 Å². The van der Waals surface area contributed by atoms with Gasteiger partial charge in [-0.15, -0.1) is 0 Å². The molecule has 4 saturated heterocycles. The van der Waals surface area contributed by atoms with E-state index in [9.17, 15) is 18.3 Å². The average molecular weight is 457 g/mol. The molecule has 0 radical (unpaired) electrons. The molecule has 0 aromatic heterocycles. The Labute approximate surface area is 186 Å². The number of aliphatic hydroxyl groups excluding tert-OH is 1. The first kappa shape index (κ1) is 22.6. The second kappa shape index (κ2) is 7.94. The fourth-order valence-electron chi connectivity index (χ4n) is 6.53. The Kier molecular flexibility index (Phi) is 5.61. The van der Waals surface area contributed by atoms with Crippen LogP contribution in [0.2, 0.25) is 0 Å². The van der Waals surface area contributed by atoms with Crippen molar-refractivity contribution >= 4 is 0 Å². The van der Waals surface area contributed by atoms with Crippen LogP contribution in [0.3, 0.4) is 0 Å². The molecule has 1 aromatic rings. The zero-order valence-corrected chi connectivity index (χ0v) is 18.4. The largest absolute Gasteiger partial charge is 0.416 e. The molecule has 2 unspecified atom stereocenters. The van der Waals surface area contributed by atoms with E-state index in [0.29, 0.717) is 37.2 Å². The highest BCUT2D eigenvalue weighted by atomic mass is 19.4. The zero-order chi connectivity index (χ0) is 22.7. The summed E-state index contributed by atoms with van der Waals surface area (Å²) in [6, 6.07) is 5.46. The van der Waals surface area contributed by atoms with E-state index in [1.54, 1.807) is 6.07 Å². The Morgan fingerprint density at radius 3 is 2.72 bits per heavy atom. The Hall–Kier alpha value is -1.19.